The van der Waals surface area contributed by atoms with Crippen molar-refractivity contribution in [2.24, 2.45) is 5.92 Å². The van der Waals surface area contributed by atoms with E-state index in [1.54, 1.807) is 0 Å². The molecular weight excluding hydrogens is 256 g/mol. The minimum atomic E-state index is 0.0293. The maximum absolute atomic E-state index is 5.08. The van der Waals surface area contributed by atoms with Crippen molar-refractivity contribution in [1.82, 2.24) is 9.97 Å². The summed E-state index contributed by atoms with van der Waals surface area (Å²) in [6.45, 7) is 13.6. The molecule has 2 aliphatic carbocycles. The molecule has 1 heterocycles. The van der Waals surface area contributed by atoms with Gasteiger partial charge in [0.25, 0.3) is 0 Å². The molecule has 0 radical (unpaired) electrons. The van der Waals surface area contributed by atoms with E-state index >= 15 is 0 Å². The summed E-state index contributed by atoms with van der Waals surface area (Å²) in [6.07, 6.45) is 6.64. The average Bonchev–Trinajstić information content (AvgIpc) is 2.83. The first-order valence-corrected chi connectivity index (χ1v) is 8.59. The Morgan fingerprint density at radius 3 is 2.19 bits per heavy atom. The van der Waals surface area contributed by atoms with Crippen LogP contribution in [0.2, 0.25) is 0 Å². The van der Waals surface area contributed by atoms with E-state index in [1.165, 1.54) is 42.6 Å². The number of aryl methyl sites for hydroxylation is 1. The highest BCUT2D eigenvalue weighted by Gasteiger charge is 2.39. The molecule has 0 bridgehead atoms. The number of rotatable bonds is 0. The molecule has 1 saturated carbocycles. The van der Waals surface area contributed by atoms with Gasteiger partial charge in [-0.1, -0.05) is 48.0 Å². The van der Waals surface area contributed by atoms with Gasteiger partial charge in [0.1, 0.15) is 5.82 Å². The van der Waals surface area contributed by atoms with Crippen LogP contribution in [0.4, 0.5) is 0 Å². The second-order valence-corrected chi connectivity index (χ2v) is 9.09. The van der Waals surface area contributed by atoms with E-state index in [9.17, 15) is 0 Å². The molecular formula is C19H30N2. The fraction of sp³-hybridized carbons (Fsp3) is 0.789. The van der Waals surface area contributed by atoms with Gasteiger partial charge >= 0.3 is 0 Å². The molecule has 1 fully saturated rings. The lowest BCUT2D eigenvalue weighted by Gasteiger charge is -2.34. The molecule has 1 aromatic rings. The Kier molecular flexibility index (Phi) is 3.42. The van der Waals surface area contributed by atoms with Crippen molar-refractivity contribution >= 4 is 0 Å². The van der Waals surface area contributed by atoms with Crippen LogP contribution in [0.15, 0.2) is 0 Å². The SMILES string of the molecule is CC(C)(C)c1nc2c(c(C(C)(C)C)n1)C1CCCC1CC2. The normalized spacial score (nSPS) is 25.6. The third kappa shape index (κ3) is 2.62. The summed E-state index contributed by atoms with van der Waals surface area (Å²) in [7, 11) is 0. The number of hydrogen-bond acceptors (Lipinski definition) is 2. The van der Waals surface area contributed by atoms with Crippen LogP contribution in [0, 0.1) is 5.92 Å². The number of nitrogens with zero attached hydrogens (tertiary/aromatic N) is 2. The zero-order valence-corrected chi connectivity index (χ0v) is 14.6. The van der Waals surface area contributed by atoms with Crippen LogP contribution in [-0.4, -0.2) is 9.97 Å². The number of fused-ring (bicyclic) bond motifs is 3. The Hall–Kier alpha value is -0.920. The van der Waals surface area contributed by atoms with Crippen LogP contribution in [0.5, 0.6) is 0 Å². The van der Waals surface area contributed by atoms with Crippen LogP contribution in [0.3, 0.4) is 0 Å². The van der Waals surface area contributed by atoms with E-state index in [0.29, 0.717) is 0 Å². The van der Waals surface area contributed by atoms with Gasteiger partial charge in [-0.15, -0.1) is 0 Å². The molecule has 1 aromatic heterocycles. The van der Waals surface area contributed by atoms with Crippen LogP contribution in [-0.2, 0) is 17.3 Å². The first-order chi connectivity index (χ1) is 9.68. The largest absolute Gasteiger partial charge is 0.237 e. The van der Waals surface area contributed by atoms with Crippen LogP contribution >= 0.6 is 0 Å². The highest BCUT2D eigenvalue weighted by molar-refractivity contribution is 5.38. The predicted molar refractivity (Wildman–Crippen MR) is 87.8 cm³/mol. The third-order valence-electron chi connectivity index (χ3n) is 5.19. The molecule has 0 amide bonds. The quantitative estimate of drug-likeness (QED) is 0.678. The standard InChI is InChI=1S/C19H30N2/c1-18(2,3)16-15-13-9-7-8-12(13)10-11-14(15)20-17(21-16)19(4,5)6/h12-13H,7-11H2,1-6H3. The Morgan fingerprint density at radius 2 is 1.57 bits per heavy atom. The average molecular weight is 286 g/mol. The lowest BCUT2D eigenvalue weighted by atomic mass is 9.74. The van der Waals surface area contributed by atoms with Crippen LogP contribution in [0.25, 0.3) is 0 Å². The minimum absolute atomic E-state index is 0.0293. The molecule has 0 aliphatic heterocycles. The zero-order chi connectivity index (χ0) is 15.4. The topological polar surface area (TPSA) is 25.8 Å². The predicted octanol–water partition coefficient (Wildman–Crippen LogP) is 4.90. The molecule has 0 saturated heterocycles. The van der Waals surface area contributed by atoms with Gasteiger partial charge in [0.15, 0.2) is 0 Å². The van der Waals surface area contributed by atoms with Crippen molar-refractivity contribution in [3.05, 3.63) is 22.8 Å². The molecule has 2 aliphatic rings. The molecule has 116 valence electrons. The second-order valence-electron chi connectivity index (χ2n) is 9.09. The van der Waals surface area contributed by atoms with E-state index in [4.69, 9.17) is 9.97 Å². The van der Waals surface area contributed by atoms with Gasteiger partial charge in [-0.2, -0.15) is 0 Å². The Balaban J connectivity index is 2.20. The molecule has 0 N–H and O–H groups in total. The van der Waals surface area contributed by atoms with Crippen LogP contribution < -0.4 is 0 Å². The van der Waals surface area contributed by atoms with Crippen molar-refractivity contribution < 1.29 is 0 Å². The molecule has 2 atom stereocenters. The molecule has 2 heteroatoms. The molecule has 0 spiro atoms. The van der Waals surface area contributed by atoms with Gasteiger partial charge < -0.3 is 0 Å². The Labute approximate surface area is 129 Å². The van der Waals surface area contributed by atoms with Crippen molar-refractivity contribution in [2.45, 2.75) is 90.4 Å². The minimum Gasteiger partial charge on any atom is -0.237 e. The second kappa shape index (κ2) is 4.79. The van der Waals surface area contributed by atoms with Gasteiger partial charge in [-0.05, 0) is 43.1 Å². The van der Waals surface area contributed by atoms with Gasteiger partial charge in [0, 0.05) is 16.5 Å². The monoisotopic (exact) mass is 286 g/mol. The fourth-order valence-corrected chi connectivity index (χ4v) is 4.09. The highest BCUT2D eigenvalue weighted by Crippen LogP contribution is 2.49. The summed E-state index contributed by atoms with van der Waals surface area (Å²) < 4.78 is 0. The van der Waals surface area contributed by atoms with E-state index in [2.05, 4.69) is 41.5 Å². The third-order valence-corrected chi connectivity index (χ3v) is 5.19. The lowest BCUT2D eigenvalue weighted by molar-refractivity contribution is 0.396. The van der Waals surface area contributed by atoms with E-state index in [-0.39, 0.29) is 10.8 Å². The lowest BCUT2D eigenvalue weighted by Crippen LogP contribution is -2.29. The smallest absolute Gasteiger partial charge is 0.134 e. The first-order valence-electron chi connectivity index (χ1n) is 8.59. The molecule has 21 heavy (non-hydrogen) atoms. The van der Waals surface area contributed by atoms with Crippen molar-refractivity contribution in [1.29, 1.82) is 0 Å². The van der Waals surface area contributed by atoms with Gasteiger partial charge in [0.2, 0.25) is 0 Å². The van der Waals surface area contributed by atoms with Crippen molar-refractivity contribution in [2.75, 3.05) is 0 Å². The maximum Gasteiger partial charge on any atom is 0.134 e. The Bertz CT molecular complexity index is 546. The summed E-state index contributed by atoms with van der Waals surface area (Å²) in [5.41, 5.74) is 4.36. The highest BCUT2D eigenvalue weighted by atomic mass is 14.9. The summed E-state index contributed by atoms with van der Waals surface area (Å²) in [5.74, 6) is 2.65. The molecule has 3 rings (SSSR count). The van der Waals surface area contributed by atoms with Gasteiger partial charge in [-0.25, -0.2) is 9.97 Å². The summed E-state index contributed by atoms with van der Waals surface area (Å²) in [5, 5.41) is 0. The number of hydrogen-bond donors (Lipinski definition) is 0. The van der Waals surface area contributed by atoms with E-state index in [1.807, 2.05) is 0 Å². The fourth-order valence-electron chi connectivity index (χ4n) is 4.09. The van der Waals surface area contributed by atoms with Crippen molar-refractivity contribution in [3.8, 4) is 0 Å². The van der Waals surface area contributed by atoms with Crippen LogP contribution in [0.1, 0.15) is 95.9 Å². The molecule has 2 unspecified atom stereocenters. The van der Waals surface area contributed by atoms with Crippen molar-refractivity contribution in [3.63, 3.8) is 0 Å². The van der Waals surface area contributed by atoms with E-state index in [0.717, 1.165) is 24.1 Å². The molecule has 0 aromatic carbocycles. The van der Waals surface area contributed by atoms with Gasteiger partial charge in [0.05, 0.1) is 5.69 Å². The first kappa shape index (κ1) is 15.0. The molecule has 2 nitrogen and oxygen atoms in total. The maximum atomic E-state index is 5.08. The van der Waals surface area contributed by atoms with Gasteiger partial charge in [-0.3, -0.25) is 0 Å². The number of aromatic nitrogens is 2. The summed E-state index contributed by atoms with van der Waals surface area (Å²) in [6, 6.07) is 0. The summed E-state index contributed by atoms with van der Waals surface area (Å²) in [4.78, 5) is 10.1. The zero-order valence-electron chi connectivity index (χ0n) is 14.6. The Morgan fingerprint density at radius 1 is 0.857 bits per heavy atom. The summed E-state index contributed by atoms with van der Waals surface area (Å²) >= 11 is 0. The van der Waals surface area contributed by atoms with E-state index < -0.39 is 0 Å².